The SMILES string of the molecule is O=S(=O)(c1ccc(-c2ccccc2)cc1)N1CCN(CCc2ccccc2)CC1. The molecular formula is C24H26N2O2S. The van der Waals surface area contributed by atoms with E-state index in [0.29, 0.717) is 18.0 Å². The molecule has 0 bridgehead atoms. The van der Waals surface area contributed by atoms with Crippen LogP contribution >= 0.6 is 0 Å². The van der Waals surface area contributed by atoms with Gasteiger partial charge in [-0.3, -0.25) is 0 Å². The number of rotatable bonds is 6. The summed E-state index contributed by atoms with van der Waals surface area (Å²) < 4.78 is 27.7. The van der Waals surface area contributed by atoms with E-state index >= 15 is 0 Å². The number of sulfonamides is 1. The van der Waals surface area contributed by atoms with E-state index in [1.807, 2.05) is 48.5 Å². The van der Waals surface area contributed by atoms with E-state index in [-0.39, 0.29) is 0 Å². The van der Waals surface area contributed by atoms with Crippen molar-refractivity contribution in [3.05, 3.63) is 90.5 Å². The molecule has 0 atom stereocenters. The second-order valence-electron chi connectivity index (χ2n) is 7.37. The van der Waals surface area contributed by atoms with Gasteiger partial charge in [0, 0.05) is 32.7 Å². The molecule has 3 aromatic carbocycles. The molecule has 4 nitrogen and oxygen atoms in total. The van der Waals surface area contributed by atoms with Crippen LogP contribution in [-0.4, -0.2) is 50.3 Å². The Morgan fingerprint density at radius 3 is 1.83 bits per heavy atom. The molecule has 0 aromatic heterocycles. The third-order valence-corrected chi connectivity index (χ3v) is 7.40. The van der Waals surface area contributed by atoms with Crippen molar-refractivity contribution in [1.29, 1.82) is 0 Å². The Kier molecular flexibility index (Phi) is 6.09. The van der Waals surface area contributed by atoms with Crippen LogP contribution in [0, 0.1) is 0 Å². The van der Waals surface area contributed by atoms with Gasteiger partial charge in [0.05, 0.1) is 4.90 Å². The largest absolute Gasteiger partial charge is 0.300 e. The zero-order valence-electron chi connectivity index (χ0n) is 16.4. The topological polar surface area (TPSA) is 40.6 Å². The number of piperazine rings is 1. The highest BCUT2D eigenvalue weighted by Gasteiger charge is 2.28. The molecule has 29 heavy (non-hydrogen) atoms. The predicted molar refractivity (Wildman–Crippen MR) is 117 cm³/mol. The first-order valence-electron chi connectivity index (χ1n) is 10.0. The molecule has 1 aliphatic rings. The molecule has 1 aliphatic heterocycles. The minimum atomic E-state index is -3.44. The molecule has 0 N–H and O–H groups in total. The van der Waals surface area contributed by atoms with Crippen LogP contribution in [-0.2, 0) is 16.4 Å². The summed E-state index contributed by atoms with van der Waals surface area (Å²) in [6.45, 7) is 3.58. The Hall–Kier alpha value is -2.47. The molecule has 0 saturated carbocycles. The maximum absolute atomic E-state index is 13.0. The summed E-state index contributed by atoms with van der Waals surface area (Å²) in [7, 11) is -3.44. The van der Waals surface area contributed by atoms with Gasteiger partial charge in [0.15, 0.2) is 0 Å². The Balaban J connectivity index is 1.36. The zero-order valence-corrected chi connectivity index (χ0v) is 17.3. The monoisotopic (exact) mass is 406 g/mol. The Morgan fingerprint density at radius 1 is 0.655 bits per heavy atom. The van der Waals surface area contributed by atoms with Crippen molar-refractivity contribution in [2.75, 3.05) is 32.7 Å². The van der Waals surface area contributed by atoms with Crippen LogP contribution in [0.4, 0.5) is 0 Å². The summed E-state index contributed by atoms with van der Waals surface area (Å²) >= 11 is 0. The number of hydrogen-bond donors (Lipinski definition) is 0. The van der Waals surface area contributed by atoms with Gasteiger partial charge in [-0.2, -0.15) is 4.31 Å². The van der Waals surface area contributed by atoms with E-state index < -0.39 is 10.0 Å². The van der Waals surface area contributed by atoms with Crippen LogP contribution in [0.15, 0.2) is 89.8 Å². The standard InChI is InChI=1S/C24H26N2O2S/c27-29(28,24-13-11-23(12-14-24)22-9-5-2-6-10-22)26-19-17-25(18-20-26)16-15-21-7-3-1-4-8-21/h1-14H,15-20H2. The summed E-state index contributed by atoms with van der Waals surface area (Å²) in [4.78, 5) is 2.72. The van der Waals surface area contributed by atoms with Crippen molar-refractivity contribution in [1.82, 2.24) is 9.21 Å². The van der Waals surface area contributed by atoms with Gasteiger partial charge in [0.25, 0.3) is 0 Å². The number of hydrogen-bond acceptors (Lipinski definition) is 3. The normalized spacial score (nSPS) is 16.0. The smallest absolute Gasteiger partial charge is 0.243 e. The van der Waals surface area contributed by atoms with Crippen LogP contribution in [0.2, 0.25) is 0 Å². The molecule has 1 saturated heterocycles. The average Bonchev–Trinajstić information content (AvgIpc) is 2.79. The molecule has 1 fully saturated rings. The molecule has 0 unspecified atom stereocenters. The van der Waals surface area contributed by atoms with Crippen molar-refractivity contribution in [2.24, 2.45) is 0 Å². The molecule has 1 heterocycles. The molecule has 3 aromatic rings. The van der Waals surface area contributed by atoms with Crippen LogP contribution in [0.1, 0.15) is 5.56 Å². The average molecular weight is 407 g/mol. The van der Waals surface area contributed by atoms with Gasteiger partial charge in [-0.1, -0.05) is 72.8 Å². The van der Waals surface area contributed by atoms with Gasteiger partial charge in [0.2, 0.25) is 10.0 Å². The van der Waals surface area contributed by atoms with Crippen molar-refractivity contribution in [3.63, 3.8) is 0 Å². The highest BCUT2D eigenvalue weighted by atomic mass is 32.2. The summed E-state index contributed by atoms with van der Waals surface area (Å²) in [5, 5.41) is 0. The van der Waals surface area contributed by atoms with E-state index in [1.165, 1.54) is 5.56 Å². The highest BCUT2D eigenvalue weighted by molar-refractivity contribution is 7.89. The fourth-order valence-electron chi connectivity index (χ4n) is 3.72. The second kappa shape index (κ2) is 8.91. The van der Waals surface area contributed by atoms with Crippen molar-refractivity contribution in [2.45, 2.75) is 11.3 Å². The van der Waals surface area contributed by atoms with E-state index in [4.69, 9.17) is 0 Å². The van der Waals surface area contributed by atoms with Crippen LogP contribution in [0.5, 0.6) is 0 Å². The van der Waals surface area contributed by atoms with Crippen molar-refractivity contribution in [3.8, 4) is 11.1 Å². The molecule has 5 heteroatoms. The first-order valence-corrected chi connectivity index (χ1v) is 11.5. The van der Waals surface area contributed by atoms with Gasteiger partial charge in [-0.05, 0) is 35.2 Å². The van der Waals surface area contributed by atoms with E-state index in [2.05, 4.69) is 29.2 Å². The van der Waals surface area contributed by atoms with Crippen LogP contribution in [0.3, 0.4) is 0 Å². The fraction of sp³-hybridized carbons (Fsp3) is 0.250. The third-order valence-electron chi connectivity index (χ3n) is 5.49. The first kappa shape index (κ1) is 19.8. The highest BCUT2D eigenvalue weighted by Crippen LogP contribution is 2.23. The lowest BCUT2D eigenvalue weighted by atomic mass is 10.1. The predicted octanol–water partition coefficient (Wildman–Crippen LogP) is 3.90. The van der Waals surface area contributed by atoms with Crippen molar-refractivity contribution < 1.29 is 8.42 Å². The quantitative estimate of drug-likeness (QED) is 0.623. The molecule has 4 rings (SSSR count). The number of benzene rings is 3. The van der Waals surface area contributed by atoms with Gasteiger partial charge >= 0.3 is 0 Å². The Labute approximate surface area is 173 Å². The van der Waals surface area contributed by atoms with Crippen LogP contribution < -0.4 is 0 Å². The van der Waals surface area contributed by atoms with Crippen LogP contribution in [0.25, 0.3) is 11.1 Å². The fourth-order valence-corrected chi connectivity index (χ4v) is 5.15. The molecule has 0 aliphatic carbocycles. The maximum atomic E-state index is 13.0. The minimum Gasteiger partial charge on any atom is -0.300 e. The Bertz CT molecular complexity index is 1010. The van der Waals surface area contributed by atoms with Gasteiger partial charge in [-0.15, -0.1) is 0 Å². The Morgan fingerprint density at radius 2 is 1.21 bits per heavy atom. The second-order valence-corrected chi connectivity index (χ2v) is 9.31. The first-order chi connectivity index (χ1) is 14.1. The van der Waals surface area contributed by atoms with Crippen molar-refractivity contribution >= 4 is 10.0 Å². The summed E-state index contributed by atoms with van der Waals surface area (Å²) in [5.74, 6) is 0. The molecular weight excluding hydrogens is 380 g/mol. The maximum Gasteiger partial charge on any atom is 0.243 e. The summed E-state index contributed by atoms with van der Waals surface area (Å²) in [6.07, 6.45) is 0.995. The molecule has 0 radical (unpaired) electrons. The third kappa shape index (κ3) is 4.75. The summed E-state index contributed by atoms with van der Waals surface area (Å²) in [6, 6.07) is 27.6. The molecule has 0 spiro atoms. The van der Waals surface area contributed by atoms with Gasteiger partial charge < -0.3 is 4.90 Å². The lowest BCUT2D eigenvalue weighted by Crippen LogP contribution is -2.48. The van der Waals surface area contributed by atoms with E-state index in [9.17, 15) is 8.42 Å². The minimum absolute atomic E-state index is 0.370. The van der Waals surface area contributed by atoms with E-state index in [1.54, 1.807) is 16.4 Å². The zero-order chi connectivity index (χ0) is 20.1. The molecule has 150 valence electrons. The van der Waals surface area contributed by atoms with E-state index in [0.717, 1.165) is 37.2 Å². The molecule has 0 amide bonds. The van der Waals surface area contributed by atoms with Gasteiger partial charge in [0.1, 0.15) is 0 Å². The summed E-state index contributed by atoms with van der Waals surface area (Å²) in [5.41, 5.74) is 3.43. The lowest BCUT2D eigenvalue weighted by Gasteiger charge is -2.34. The van der Waals surface area contributed by atoms with Gasteiger partial charge in [-0.25, -0.2) is 8.42 Å². The number of nitrogens with zero attached hydrogens (tertiary/aromatic N) is 2. The lowest BCUT2D eigenvalue weighted by molar-refractivity contribution is 0.190.